The molecule has 0 N–H and O–H groups in total. The van der Waals surface area contributed by atoms with Crippen LogP contribution < -0.4 is 0 Å². The van der Waals surface area contributed by atoms with Gasteiger partial charge in [-0.05, 0) is 35.2 Å². The molecule has 0 bridgehead atoms. The maximum absolute atomic E-state index is 11.4. The van der Waals surface area contributed by atoms with Crippen LogP contribution in [0, 0.1) is 0 Å². The first kappa shape index (κ1) is 12.0. The van der Waals surface area contributed by atoms with Crippen LogP contribution in [0.2, 0.25) is 0 Å². The zero-order chi connectivity index (χ0) is 13.0. The number of methoxy groups -OCH3 is 1. The Balaban J connectivity index is 2.45. The van der Waals surface area contributed by atoms with Gasteiger partial charge < -0.3 is 4.74 Å². The molecule has 18 heavy (non-hydrogen) atoms. The van der Waals surface area contributed by atoms with Crippen molar-refractivity contribution < 1.29 is 9.53 Å². The fourth-order valence-corrected chi connectivity index (χ4v) is 1.73. The van der Waals surface area contributed by atoms with Crippen LogP contribution in [0.3, 0.4) is 0 Å². The van der Waals surface area contributed by atoms with Crippen molar-refractivity contribution in [2.75, 3.05) is 7.11 Å². The van der Waals surface area contributed by atoms with Crippen LogP contribution in [0.5, 0.6) is 0 Å². The Bertz CT molecular complexity index is 629. The molecule has 0 aliphatic heterocycles. The minimum absolute atomic E-state index is 0.202. The van der Waals surface area contributed by atoms with Gasteiger partial charge in [0, 0.05) is 0 Å². The Morgan fingerprint density at radius 1 is 1.22 bits per heavy atom. The molecule has 2 aromatic carbocycles. The molecule has 90 valence electrons. The smallest absolute Gasteiger partial charge is 0.356 e. The summed E-state index contributed by atoms with van der Waals surface area (Å²) in [6.45, 7) is 3.37. The molecule has 0 unspecified atom stereocenters. The highest BCUT2D eigenvalue weighted by Gasteiger charge is 2.06. The molecule has 0 heterocycles. The quantitative estimate of drug-likeness (QED) is 0.469. The number of hydrogen-bond acceptors (Lipinski definition) is 3. The summed E-state index contributed by atoms with van der Waals surface area (Å²) in [7, 11) is 1.32. The van der Waals surface area contributed by atoms with Crippen LogP contribution >= 0.6 is 0 Å². The largest absolute Gasteiger partial charge is 0.464 e. The van der Waals surface area contributed by atoms with Gasteiger partial charge in [-0.3, -0.25) is 4.99 Å². The van der Waals surface area contributed by atoms with Gasteiger partial charge in [-0.2, -0.15) is 0 Å². The van der Waals surface area contributed by atoms with E-state index in [1.165, 1.54) is 7.11 Å². The highest BCUT2D eigenvalue weighted by Crippen LogP contribution is 2.18. The Hall–Kier alpha value is -2.42. The molecule has 0 aliphatic carbocycles. The van der Waals surface area contributed by atoms with E-state index in [4.69, 9.17) is 0 Å². The summed E-state index contributed by atoms with van der Waals surface area (Å²) in [5.74, 6) is -0.488. The van der Waals surface area contributed by atoms with Crippen LogP contribution in [0.4, 0.5) is 0 Å². The summed E-state index contributed by atoms with van der Waals surface area (Å²) >= 11 is 0. The summed E-state index contributed by atoms with van der Waals surface area (Å²) in [5.41, 5.74) is 1.09. The van der Waals surface area contributed by atoms with Gasteiger partial charge >= 0.3 is 5.97 Å². The molecule has 2 aromatic rings. The lowest BCUT2D eigenvalue weighted by Gasteiger charge is -2.01. The Labute approximate surface area is 105 Å². The minimum atomic E-state index is -0.488. The second kappa shape index (κ2) is 5.27. The highest BCUT2D eigenvalue weighted by atomic mass is 16.5. The van der Waals surface area contributed by atoms with E-state index in [0.29, 0.717) is 0 Å². The van der Waals surface area contributed by atoms with E-state index in [1.54, 1.807) is 6.08 Å². The van der Waals surface area contributed by atoms with Gasteiger partial charge in [0.15, 0.2) is 0 Å². The first-order valence-corrected chi connectivity index (χ1v) is 5.50. The fraction of sp³-hybridized carbons (Fsp3) is 0.0667. The van der Waals surface area contributed by atoms with Crippen molar-refractivity contribution in [3.8, 4) is 0 Å². The van der Waals surface area contributed by atoms with Gasteiger partial charge in [0.1, 0.15) is 5.70 Å². The summed E-state index contributed by atoms with van der Waals surface area (Å²) in [6, 6.07) is 13.9. The Kier molecular flexibility index (Phi) is 3.53. The molecule has 0 saturated carbocycles. The predicted octanol–water partition coefficient (Wildman–Crippen LogP) is 3.05. The standard InChI is InChI=1S/C15H13NO2/c1-16-14(15(17)18-2)10-11-7-8-12-5-3-4-6-13(12)9-11/h3-10H,1H2,2H3/b14-10+. The average molecular weight is 239 g/mol. The predicted molar refractivity (Wildman–Crippen MR) is 73.5 cm³/mol. The second-order valence-electron chi connectivity index (χ2n) is 3.79. The van der Waals surface area contributed by atoms with E-state index < -0.39 is 5.97 Å². The van der Waals surface area contributed by atoms with E-state index in [1.807, 2.05) is 42.5 Å². The van der Waals surface area contributed by atoms with Crippen LogP contribution in [-0.4, -0.2) is 19.8 Å². The molecule has 0 spiro atoms. The zero-order valence-electron chi connectivity index (χ0n) is 10.1. The Morgan fingerprint density at radius 2 is 1.94 bits per heavy atom. The van der Waals surface area contributed by atoms with Crippen molar-refractivity contribution in [2.24, 2.45) is 4.99 Å². The third kappa shape index (κ3) is 2.46. The van der Waals surface area contributed by atoms with Gasteiger partial charge in [0.25, 0.3) is 0 Å². The van der Waals surface area contributed by atoms with E-state index >= 15 is 0 Å². The Morgan fingerprint density at radius 3 is 2.61 bits per heavy atom. The molecular weight excluding hydrogens is 226 g/mol. The third-order valence-corrected chi connectivity index (χ3v) is 2.64. The number of carbonyl (C=O) groups is 1. The van der Waals surface area contributed by atoms with Crippen molar-refractivity contribution in [3.05, 3.63) is 53.7 Å². The first-order chi connectivity index (χ1) is 8.74. The number of carbonyl (C=O) groups excluding carboxylic acids is 1. The molecule has 0 aliphatic rings. The molecule has 0 atom stereocenters. The molecule has 0 aromatic heterocycles. The number of ether oxygens (including phenoxy) is 1. The highest BCUT2D eigenvalue weighted by molar-refractivity contribution is 5.95. The molecule has 0 amide bonds. The lowest BCUT2D eigenvalue weighted by Crippen LogP contribution is -2.02. The zero-order valence-corrected chi connectivity index (χ0v) is 10.1. The van der Waals surface area contributed by atoms with Crippen LogP contribution in [0.1, 0.15) is 5.56 Å². The number of nitrogens with zero attached hydrogens (tertiary/aromatic N) is 1. The molecular formula is C15H13NO2. The third-order valence-electron chi connectivity index (χ3n) is 2.64. The van der Waals surface area contributed by atoms with Crippen LogP contribution in [0.15, 0.2) is 53.2 Å². The summed E-state index contributed by atoms with van der Waals surface area (Å²) in [6.07, 6.45) is 1.66. The number of aliphatic imine (C=N–C) groups is 1. The number of fused-ring (bicyclic) bond motifs is 1. The SMILES string of the molecule is C=N/C(=C/c1ccc2ccccc2c1)C(=O)OC. The van der Waals surface area contributed by atoms with Crippen molar-refractivity contribution in [1.29, 1.82) is 0 Å². The molecule has 2 rings (SSSR count). The molecule has 0 saturated heterocycles. The normalized spacial score (nSPS) is 11.3. The molecule has 3 nitrogen and oxygen atoms in total. The number of hydrogen-bond donors (Lipinski definition) is 0. The molecule has 0 radical (unpaired) electrons. The molecule has 3 heteroatoms. The van der Waals surface area contributed by atoms with Gasteiger partial charge in [-0.1, -0.05) is 36.4 Å². The minimum Gasteiger partial charge on any atom is -0.464 e. The van der Waals surface area contributed by atoms with E-state index in [2.05, 4.69) is 16.4 Å². The van der Waals surface area contributed by atoms with E-state index in [9.17, 15) is 4.79 Å². The van der Waals surface area contributed by atoms with Crippen molar-refractivity contribution >= 4 is 29.5 Å². The topological polar surface area (TPSA) is 38.7 Å². The molecule has 0 fully saturated rings. The van der Waals surface area contributed by atoms with E-state index in [-0.39, 0.29) is 5.70 Å². The summed E-state index contributed by atoms with van der Waals surface area (Å²) in [5, 5.41) is 2.26. The lowest BCUT2D eigenvalue weighted by molar-refractivity contribution is -0.136. The van der Waals surface area contributed by atoms with Gasteiger partial charge in [-0.25, -0.2) is 4.79 Å². The number of esters is 1. The van der Waals surface area contributed by atoms with E-state index in [0.717, 1.165) is 16.3 Å². The maximum atomic E-state index is 11.4. The summed E-state index contributed by atoms with van der Waals surface area (Å²) in [4.78, 5) is 15.1. The monoisotopic (exact) mass is 239 g/mol. The number of rotatable bonds is 3. The fourth-order valence-electron chi connectivity index (χ4n) is 1.73. The van der Waals surface area contributed by atoms with Gasteiger partial charge in [0.2, 0.25) is 0 Å². The second-order valence-corrected chi connectivity index (χ2v) is 3.79. The van der Waals surface area contributed by atoms with Crippen molar-refractivity contribution in [1.82, 2.24) is 0 Å². The van der Waals surface area contributed by atoms with Crippen molar-refractivity contribution in [3.63, 3.8) is 0 Å². The van der Waals surface area contributed by atoms with Crippen LogP contribution in [-0.2, 0) is 9.53 Å². The summed E-state index contributed by atoms with van der Waals surface area (Å²) < 4.78 is 4.62. The first-order valence-electron chi connectivity index (χ1n) is 5.50. The average Bonchev–Trinajstić information content (AvgIpc) is 2.43. The van der Waals surface area contributed by atoms with Crippen molar-refractivity contribution in [2.45, 2.75) is 0 Å². The van der Waals surface area contributed by atoms with Crippen LogP contribution in [0.25, 0.3) is 16.8 Å². The lowest BCUT2D eigenvalue weighted by atomic mass is 10.1. The van der Waals surface area contributed by atoms with Gasteiger partial charge in [-0.15, -0.1) is 0 Å². The van der Waals surface area contributed by atoms with Gasteiger partial charge in [0.05, 0.1) is 7.11 Å². The maximum Gasteiger partial charge on any atom is 0.356 e. The number of benzene rings is 2.